The summed E-state index contributed by atoms with van der Waals surface area (Å²) in [6.07, 6.45) is 3.53. The summed E-state index contributed by atoms with van der Waals surface area (Å²) in [5.74, 6) is 0. The molecule has 2 aromatic heterocycles. The minimum Gasteiger partial charge on any atom is -0.381 e. The quantitative estimate of drug-likeness (QED) is 0.806. The first-order chi connectivity index (χ1) is 9.41. The van der Waals surface area contributed by atoms with Gasteiger partial charge in [-0.2, -0.15) is 9.61 Å². The van der Waals surface area contributed by atoms with Crippen molar-refractivity contribution in [1.29, 1.82) is 0 Å². The average molecular weight is 298 g/mol. The molecule has 2 heterocycles. The smallest absolute Gasteiger partial charge is 0.211 e. The van der Waals surface area contributed by atoms with Crippen LogP contribution in [0.2, 0.25) is 0 Å². The fourth-order valence-corrected chi connectivity index (χ4v) is 2.12. The number of hydrogen-bond donors (Lipinski definition) is 1. The molecule has 0 radical (unpaired) electrons. The molecule has 0 aromatic carbocycles. The first-order valence-electron chi connectivity index (χ1n) is 6.27. The molecule has 0 fully saturated rings. The van der Waals surface area contributed by atoms with Gasteiger partial charge in [-0.05, 0) is 12.5 Å². The number of sulfonamides is 1. The maximum atomic E-state index is 11.3. The number of fused-ring (bicyclic) bond motifs is 1. The predicted molar refractivity (Wildman–Crippen MR) is 76.1 cm³/mol. The van der Waals surface area contributed by atoms with Gasteiger partial charge in [-0.15, -0.1) is 10.2 Å². The fourth-order valence-electron chi connectivity index (χ4n) is 1.70. The Kier molecular flexibility index (Phi) is 4.19. The molecule has 0 saturated heterocycles. The molecule has 110 valence electrons. The van der Waals surface area contributed by atoms with Crippen LogP contribution in [0.1, 0.15) is 12.6 Å². The van der Waals surface area contributed by atoms with Gasteiger partial charge in [0.15, 0.2) is 0 Å². The second-order valence-corrected chi connectivity index (χ2v) is 6.60. The Morgan fingerprint density at radius 3 is 2.85 bits per heavy atom. The number of aryl methyl sites for hydroxylation is 1. The van der Waals surface area contributed by atoms with Crippen LogP contribution in [0.4, 0.5) is 5.69 Å². The Bertz CT molecular complexity index is 696. The van der Waals surface area contributed by atoms with E-state index in [1.165, 1.54) is 10.6 Å². The number of anilines is 1. The van der Waals surface area contributed by atoms with Gasteiger partial charge in [-0.25, -0.2) is 12.7 Å². The van der Waals surface area contributed by atoms with Crippen LogP contribution in [-0.2, 0) is 16.4 Å². The molecular weight excluding hydrogens is 280 g/mol. The summed E-state index contributed by atoms with van der Waals surface area (Å²) in [7, 11) is -1.60. The Labute approximate surface area is 117 Å². The van der Waals surface area contributed by atoms with Gasteiger partial charge in [0, 0.05) is 20.1 Å². The van der Waals surface area contributed by atoms with Crippen molar-refractivity contribution < 1.29 is 8.42 Å². The summed E-state index contributed by atoms with van der Waals surface area (Å²) in [6, 6.07) is 1.91. The van der Waals surface area contributed by atoms with Crippen molar-refractivity contribution in [3.8, 4) is 0 Å². The molecule has 9 heteroatoms. The minimum absolute atomic E-state index is 0.378. The van der Waals surface area contributed by atoms with Crippen molar-refractivity contribution in [2.45, 2.75) is 13.3 Å². The van der Waals surface area contributed by atoms with E-state index in [1.54, 1.807) is 17.9 Å². The lowest BCUT2D eigenvalue weighted by molar-refractivity contribution is 0.486. The largest absolute Gasteiger partial charge is 0.381 e. The van der Waals surface area contributed by atoms with E-state index in [2.05, 4.69) is 20.6 Å². The third-order valence-corrected chi connectivity index (χ3v) is 4.30. The zero-order valence-corrected chi connectivity index (χ0v) is 12.6. The van der Waals surface area contributed by atoms with E-state index < -0.39 is 10.0 Å². The van der Waals surface area contributed by atoms with E-state index in [1.807, 2.05) is 13.0 Å². The molecule has 0 spiro atoms. The average Bonchev–Trinajstić information content (AvgIpc) is 2.85. The lowest BCUT2D eigenvalue weighted by atomic mass is 10.3. The van der Waals surface area contributed by atoms with E-state index in [-0.39, 0.29) is 0 Å². The summed E-state index contributed by atoms with van der Waals surface area (Å²) in [4.78, 5) is 0. The van der Waals surface area contributed by atoms with Crippen molar-refractivity contribution in [2.24, 2.45) is 0 Å². The Hall–Kier alpha value is -1.74. The standard InChI is InChI=1S/C11H18N6O2S/c1-4-9-7-10(11-14-13-8-17(11)15-9)12-5-6-16(2)20(3,18)19/h7-8,12H,4-6H2,1-3H3. The van der Waals surface area contributed by atoms with Gasteiger partial charge < -0.3 is 5.32 Å². The number of aromatic nitrogens is 4. The number of rotatable bonds is 6. The van der Waals surface area contributed by atoms with Gasteiger partial charge in [0.2, 0.25) is 15.7 Å². The molecule has 0 atom stereocenters. The van der Waals surface area contributed by atoms with Gasteiger partial charge in [0.05, 0.1) is 17.6 Å². The lowest BCUT2D eigenvalue weighted by Crippen LogP contribution is -2.30. The molecule has 8 nitrogen and oxygen atoms in total. The van der Waals surface area contributed by atoms with Gasteiger partial charge in [0.25, 0.3) is 0 Å². The third kappa shape index (κ3) is 3.23. The summed E-state index contributed by atoms with van der Waals surface area (Å²) >= 11 is 0. The SMILES string of the molecule is CCc1cc(NCCN(C)S(C)(=O)=O)c2nncn2n1. The van der Waals surface area contributed by atoms with Gasteiger partial charge >= 0.3 is 0 Å². The fraction of sp³-hybridized carbons (Fsp3) is 0.545. The van der Waals surface area contributed by atoms with Crippen molar-refractivity contribution in [2.75, 3.05) is 31.7 Å². The monoisotopic (exact) mass is 298 g/mol. The third-order valence-electron chi connectivity index (χ3n) is 2.99. The van der Waals surface area contributed by atoms with Crippen LogP contribution in [-0.4, -0.2) is 58.9 Å². The van der Waals surface area contributed by atoms with E-state index in [9.17, 15) is 8.42 Å². The molecule has 1 N–H and O–H groups in total. The molecule has 0 amide bonds. The Balaban J connectivity index is 2.11. The maximum Gasteiger partial charge on any atom is 0.211 e. The van der Waals surface area contributed by atoms with Crippen LogP contribution in [0.25, 0.3) is 5.65 Å². The summed E-state index contributed by atoms with van der Waals surface area (Å²) in [5, 5.41) is 15.3. The molecule has 2 rings (SSSR count). The summed E-state index contributed by atoms with van der Waals surface area (Å²) in [5.41, 5.74) is 2.34. The molecule has 0 aliphatic carbocycles. The van der Waals surface area contributed by atoms with E-state index in [0.29, 0.717) is 18.7 Å². The van der Waals surface area contributed by atoms with Gasteiger partial charge in [-0.1, -0.05) is 6.92 Å². The highest BCUT2D eigenvalue weighted by Gasteiger charge is 2.11. The van der Waals surface area contributed by atoms with Crippen LogP contribution < -0.4 is 5.32 Å². The van der Waals surface area contributed by atoms with Crippen molar-refractivity contribution in [3.05, 3.63) is 18.1 Å². The van der Waals surface area contributed by atoms with Gasteiger partial charge in [-0.3, -0.25) is 0 Å². The molecule has 0 bridgehead atoms. The van der Waals surface area contributed by atoms with Crippen LogP contribution >= 0.6 is 0 Å². The molecule has 0 saturated carbocycles. The number of nitrogens with zero attached hydrogens (tertiary/aromatic N) is 5. The van der Waals surface area contributed by atoms with Crippen molar-refractivity contribution in [3.63, 3.8) is 0 Å². The highest BCUT2D eigenvalue weighted by molar-refractivity contribution is 7.88. The van der Waals surface area contributed by atoms with E-state index in [0.717, 1.165) is 17.8 Å². The predicted octanol–water partition coefficient (Wildman–Crippen LogP) is -0.01000. The zero-order chi connectivity index (χ0) is 14.8. The van der Waals surface area contributed by atoms with E-state index >= 15 is 0 Å². The van der Waals surface area contributed by atoms with Gasteiger partial charge in [0.1, 0.15) is 6.33 Å². The van der Waals surface area contributed by atoms with Crippen LogP contribution in [0, 0.1) is 0 Å². The first-order valence-corrected chi connectivity index (χ1v) is 8.11. The van der Waals surface area contributed by atoms with Crippen LogP contribution in [0.15, 0.2) is 12.4 Å². The molecule has 0 aliphatic heterocycles. The number of hydrogen-bond acceptors (Lipinski definition) is 6. The summed E-state index contributed by atoms with van der Waals surface area (Å²) in [6.45, 7) is 2.88. The highest BCUT2D eigenvalue weighted by Crippen LogP contribution is 2.15. The van der Waals surface area contributed by atoms with E-state index in [4.69, 9.17) is 0 Å². The molecule has 0 unspecified atom stereocenters. The molecular formula is C11H18N6O2S. The maximum absolute atomic E-state index is 11.3. The lowest BCUT2D eigenvalue weighted by Gasteiger charge is -2.15. The normalized spacial score (nSPS) is 12.2. The second-order valence-electron chi connectivity index (χ2n) is 4.51. The topological polar surface area (TPSA) is 92.5 Å². The Morgan fingerprint density at radius 2 is 2.20 bits per heavy atom. The second kappa shape index (κ2) is 5.71. The Morgan fingerprint density at radius 1 is 1.45 bits per heavy atom. The van der Waals surface area contributed by atoms with Crippen LogP contribution in [0.5, 0.6) is 0 Å². The van der Waals surface area contributed by atoms with Crippen LogP contribution in [0.3, 0.4) is 0 Å². The molecule has 0 aliphatic rings. The summed E-state index contributed by atoms with van der Waals surface area (Å²) < 4.78 is 25.5. The highest BCUT2D eigenvalue weighted by atomic mass is 32.2. The minimum atomic E-state index is -3.15. The molecule has 2 aromatic rings. The number of likely N-dealkylation sites (N-methyl/N-ethyl adjacent to an activating group) is 1. The van der Waals surface area contributed by atoms with Crippen molar-refractivity contribution in [1.82, 2.24) is 24.1 Å². The van der Waals surface area contributed by atoms with Crippen molar-refractivity contribution >= 4 is 21.4 Å². The molecule has 20 heavy (non-hydrogen) atoms. The first kappa shape index (κ1) is 14.7. The zero-order valence-electron chi connectivity index (χ0n) is 11.7. The number of nitrogens with one attached hydrogen (secondary N) is 1.